The molecule has 258 valence electrons. The zero-order valence-electron chi connectivity index (χ0n) is 29.2. The standard InChI is InChI=1S/C35H45N5O8/c1-33(2,3)46-30(42)39(27(28(36)41)21-22-11-17-25(45-10)18-12-22)24-15-13-23(14-16-24)26-19-20-37-29(38-26)40(31(43)47-34(4,5)6)32(44)48-35(7,8)9/h11-20,27H,21H2,1-10H3,(H2,36,41)/t27-/m1/s1. The highest BCUT2D eigenvalue weighted by molar-refractivity contribution is 6.08. The zero-order chi connectivity index (χ0) is 36.0. The van der Waals surface area contributed by atoms with Crippen LogP contribution in [0.4, 0.5) is 26.0 Å². The Labute approximate surface area is 281 Å². The number of nitrogens with two attached hydrogens (primary N) is 1. The Bertz CT molecular complexity index is 1580. The number of carbonyl (C=O) groups is 4. The van der Waals surface area contributed by atoms with E-state index in [0.29, 0.717) is 27.6 Å². The van der Waals surface area contributed by atoms with Gasteiger partial charge in [-0.3, -0.25) is 9.69 Å². The second-order valence-electron chi connectivity index (χ2n) is 13.9. The summed E-state index contributed by atoms with van der Waals surface area (Å²) in [4.78, 5) is 63.1. The molecule has 0 aliphatic heterocycles. The molecular weight excluding hydrogens is 618 g/mol. The Morgan fingerprint density at radius 2 is 1.23 bits per heavy atom. The van der Waals surface area contributed by atoms with Crippen molar-refractivity contribution in [2.75, 3.05) is 16.9 Å². The van der Waals surface area contributed by atoms with Gasteiger partial charge in [0.25, 0.3) is 0 Å². The average molecular weight is 664 g/mol. The van der Waals surface area contributed by atoms with Gasteiger partial charge in [0, 0.05) is 23.9 Å². The number of nitrogens with zero attached hydrogens (tertiary/aromatic N) is 4. The maximum absolute atomic E-state index is 13.6. The topological polar surface area (TPSA) is 163 Å². The maximum Gasteiger partial charge on any atom is 0.427 e. The van der Waals surface area contributed by atoms with Crippen molar-refractivity contribution in [1.29, 1.82) is 0 Å². The number of hydrogen-bond acceptors (Lipinski definition) is 10. The molecule has 0 saturated heterocycles. The van der Waals surface area contributed by atoms with E-state index in [0.717, 1.165) is 5.56 Å². The van der Waals surface area contributed by atoms with E-state index in [1.54, 1.807) is 124 Å². The number of methoxy groups -OCH3 is 1. The van der Waals surface area contributed by atoms with Crippen molar-refractivity contribution in [3.05, 3.63) is 66.4 Å². The molecule has 0 saturated carbocycles. The van der Waals surface area contributed by atoms with Crippen LogP contribution in [0.3, 0.4) is 0 Å². The smallest absolute Gasteiger partial charge is 0.427 e. The molecule has 0 spiro atoms. The summed E-state index contributed by atoms with van der Waals surface area (Å²) in [5, 5.41) is 0. The van der Waals surface area contributed by atoms with E-state index in [4.69, 9.17) is 24.7 Å². The second-order valence-corrected chi connectivity index (χ2v) is 13.9. The van der Waals surface area contributed by atoms with E-state index >= 15 is 0 Å². The highest BCUT2D eigenvalue weighted by Crippen LogP contribution is 2.28. The van der Waals surface area contributed by atoms with E-state index in [-0.39, 0.29) is 12.4 Å². The first-order valence-electron chi connectivity index (χ1n) is 15.3. The minimum atomic E-state index is -1.10. The van der Waals surface area contributed by atoms with Crippen LogP contribution in [-0.2, 0) is 25.4 Å². The molecule has 13 nitrogen and oxygen atoms in total. The van der Waals surface area contributed by atoms with Gasteiger partial charge in [0.2, 0.25) is 11.9 Å². The Balaban J connectivity index is 2.03. The predicted molar refractivity (Wildman–Crippen MR) is 181 cm³/mol. The van der Waals surface area contributed by atoms with Crippen molar-refractivity contribution in [3.8, 4) is 17.0 Å². The lowest BCUT2D eigenvalue weighted by molar-refractivity contribution is -0.119. The van der Waals surface area contributed by atoms with Gasteiger partial charge in [-0.05, 0) is 98.2 Å². The molecule has 0 aliphatic carbocycles. The lowest BCUT2D eigenvalue weighted by atomic mass is 10.0. The molecule has 3 aromatic rings. The number of ether oxygens (including phenoxy) is 4. The van der Waals surface area contributed by atoms with Crippen LogP contribution in [0.5, 0.6) is 5.75 Å². The van der Waals surface area contributed by atoms with Crippen molar-refractivity contribution in [2.45, 2.75) is 91.6 Å². The summed E-state index contributed by atoms with van der Waals surface area (Å²) in [5.41, 5.74) is 5.15. The summed E-state index contributed by atoms with van der Waals surface area (Å²) in [5.74, 6) is -0.350. The number of benzene rings is 2. The van der Waals surface area contributed by atoms with Gasteiger partial charge in [-0.1, -0.05) is 24.3 Å². The molecular formula is C35H45N5O8. The van der Waals surface area contributed by atoms with E-state index in [9.17, 15) is 19.2 Å². The molecule has 3 rings (SSSR count). The minimum absolute atomic E-state index is 0.112. The molecule has 0 aliphatic rings. The van der Waals surface area contributed by atoms with Gasteiger partial charge in [-0.2, -0.15) is 0 Å². The largest absolute Gasteiger partial charge is 0.497 e. The molecule has 13 heteroatoms. The van der Waals surface area contributed by atoms with Gasteiger partial charge in [0.05, 0.1) is 12.8 Å². The van der Waals surface area contributed by atoms with E-state index < -0.39 is 47.0 Å². The summed E-state index contributed by atoms with van der Waals surface area (Å²) < 4.78 is 21.8. The summed E-state index contributed by atoms with van der Waals surface area (Å²) >= 11 is 0. The van der Waals surface area contributed by atoms with Crippen molar-refractivity contribution < 1.29 is 38.1 Å². The second kappa shape index (κ2) is 14.7. The van der Waals surface area contributed by atoms with Crippen LogP contribution in [-0.4, -0.2) is 64.1 Å². The van der Waals surface area contributed by atoms with Crippen LogP contribution in [0.15, 0.2) is 60.8 Å². The molecule has 0 fully saturated rings. The third kappa shape index (κ3) is 10.7. The Hall–Kier alpha value is -5.20. The van der Waals surface area contributed by atoms with Gasteiger partial charge in [0.1, 0.15) is 28.6 Å². The lowest BCUT2D eigenvalue weighted by Gasteiger charge is -2.32. The molecule has 2 N–H and O–H groups in total. The molecule has 4 amide bonds. The maximum atomic E-state index is 13.6. The van der Waals surface area contributed by atoms with Gasteiger partial charge < -0.3 is 24.7 Å². The summed E-state index contributed by atoms with van der Waals surface area (Å²) in [6, 6.07) is 14.1. The number of primary amides is 1. The van der Waals surface area contributed by atoms with Crippen molar-refractivity contribution in [2.24, 2.45) is 5.73 Å². The SMILES string of the molecule is COc1ccc(C[C@H](C(N)=O)N(C(=O)OC(C)(C)C)c2ccc(-c3ccnc(N(C(=O)OC(C)(C)C)C(=O)OC(C)(C)C)n3)cc2)cc1. The number of carbonyl (C=O) groups excluding carboxylic acids is 4. The van der Waals surface area contributed by atoms with Crippen molar-refractivity contribution >= 4 is 35.8 Å². The highest BCUT2D eigenvalue weighted by Gasteiger charge is 2.36. The van der Waals surface area contributed by atoms with Crippen LogP contribution >= 0.6 is 0 Å². The summed E-state index contributed by atoms with van der Waals surface area (Å²) in [6.07, 6.45) is -1.28. The molecule has 1 aromatic heterocycles. The van der Waals surface area contributed by atoms with Crippen molar-refractivity contribution in [1.82, 2.24) is 9.97 Å². The minimum Gasteiger partial charge on any atom is -0.497 e. The van der Waals surface area contributed by atoms with Gasteiger partial charge in [-0.25, -0.2) is 24.4 Å². The third-order valence-corrected chi connectivity index (χ3v) is 6.25. The number of imide groups is 1. The number of rotatable bonds is 8. The molecule has 0 radical (unpaired) electrons. The fourth-order valence-corrected chi connectivity index (χ4v) is 4.29. The first-order chi connectivity index (χ1) is 22.2. The molecule has 2 aromatic carbocycles. The molecule has 0 unspecified atom stereocenters. The summed E-state index contributed by atoms with van der Waals surface area (Å²) in [6.45, 7) is 15.1. The van der Waals surface area contributed by atoms with Gasteiger partial charge >= 0.3 is 18.3 Å². The number of amides is 4. The van der Waals surface area contributed by atoms with Crippen LogP contribution in [0, 0.1) is 0 Å². The first-order valence-corrected chi connectivity index (χ1v) is 15.3. The van der Waals surface area contributed by atoms with Crippen LogP contribution in [0.2, 0.25) is 0 Å². The number of aromatic nitrogens is 2. The first kappa shape index (κ1) is 37.3. The van der Waals surface area contributed by atoms with Crippen LogP contribution in [0.1, 0.15) is 67.9 Å². The van der Waals surface area contributed by atoms with E-state index in [1.165, 1.54) is 11.1 Å². The predicted octanol–water partition coefficient (Wildman–Crippen LogP) is 6.67. The molecule has 48 heavy (non-hydrogen) atoms. The molecule has 0 bridgehead atoms. The Morgan fingerprint density at radius 1 is 0.729 bits per heavy atom. The third-order valence-electron chi connectivity index (χ3n) is 6.25. The average Bonchev–Trinajstić information content (AvgIpc) is 2.95. The molecule has 1 atom stereocenters. The number of anilines is 2. The quantitative estimate of drug-likeness (QED) is 0.258. The van der Waals surface area contributed by atoms with Gasteiger partial charge in [0.15, 0.2) is 0 Å². The lowest BCUT2D eigenvalue weighted by Crippen LogP contribution is -2.51. The highest BCUT2D eigenvalue weighted by atomic mass is 16.6. The number of hydrogen-bond donors (Lipinski definition) is 1. The normalized spacial score (nSPS) is 12.4. The molecule has 1 heterocycles. The Kier molecular flexibility index (Phi) is 11.4. The fourth-order valence-electron chi connectivity index (χ4n) is 4.29. The Morgan fingerprint density at radius 3 is 1.69 bits per heavy atom. The van der Waals surface area contributed by atoms with E-state index in [2.05, 4.69) is 9.97 Å². The van der Waals surface area contributed by atoms with Crippen LogP contribution in [0.25, 0.3) is 11.3 Å². The zero-order valence-corrected chi connectivity index (χ0v) is 29.2. The van der Waals surface area contributed by atoms with Crippen molar-refractivity contribution in [3.63, 3.8) is 0 Å². The van der Waals surface area contributed by atoms with E-state index in [1.807, 2.05) is 0 Å². The monoisotopic (exact) mass is 663 g/mol. The fraction of sp³-hybridized carbons (Fsp3) is 0.429. The van der Waals surface area contributed by atoms with Crippen LogP contribution < -0.4 is 20.3 Å². The summed E-state index contributed by atoms with van der Waals surface area (Å²) in [7, 11) is 1.55. The van der Waals surface area contributed by atoms with Gasteiger partial charge in [-0.15, -0.1) is 4.90 Å².